The number of halogens is 2. The topological polar surface area (TPSA) is 26.3 Å². The number of furan rings is 2. The molecule has 2 heterocycles. The van der Waals surface area contributed by atoms with Crippen LogP contribution in [0.2, 0.25) is 0 Å². The molecule has 0 aliphatic rings. The molecule has 8 rings (SSSR count). The van der Waals surface area contributed by atoms with Crippen molar-refractivity contribution in [3.05, 3.63) is 153 Å². The monoisotopic (exact) mass is 982 g/mol. The smallest absolute Gasteiger partial charge is 1.00 e. The van der Waals surface area contributed by atoms with E-state index in [2.05, 4.69) is 196 Å². The molecule has 0 unspecified atom stereocenters. The summed E-state index contributed by atoms with van der Waals surface area (Å²) in [7, 11) is 0. The Bertz CT molecular complexity index is 2680. The van der Waals surface area contributed by atoms with Gasteiger partial charge in [0.1, 0.15) is 0 Å². The quantitative estimate of drug-likeness (QED) is 0.164. The molecule has 0 bridgehead atoms. The number of aryl methyl sites for hydroxylation is 4. The predicted octanol–water partition coefficient (Wildman–Crippen LogP) is 12.0. The van der Waals surface area contributed by atoms with Crippen molar-refractivity contribution in [3.8, 4) is 44.9 Å². The molecule has 8 aromatic rings. The van der Waals surface area contributed by atoms with Gasteiger partial charge < -0.3 is 33.6 Å². The number of benzene rings is 4. The molecule has 0 N–H and O–H groups in total. The molecule has 5 heteroatoms. The van der Waals surface area contributed by atoms with Crippen molar-refractivity contribution in [2.45, 2.75) is 146 Å². The summed E-state index contributed by atoms with van der Waals surface area (Å²) in [5.74, 6) is 3.77. The van der Waals surface area contributed by atoms with Crippen molar-refractivity contribution in [2.24, 2.45) is 0 Å². The summed E-state index contributed by atoms with van der Waals surface area (Å²) in [6.45, 7) is 40.6. The van der Waals surface area contributed by atoms with Gasteiger partial charge in [0.2, 0.25) is 0 Å². The Hall–Kier alpha value is -3.88. The Labute approximate surface area is 422 Å². The van der Waals surface area contributed by atoms with Crippen molar-refractivity contribution in [1.82, 2.24) is 0 Å². The molecule has 0 saturated carbocycles. The molecule has 65 heavy (non-hydrogen) atoms. The minimum atomic E-state index is 0. The van der Waals surface area contributed by atoms with Gasteiger partial charge in [-0.05, 0) is 132 Å². The van der Waals surface area contributed by atoms with E-state index >= 15 is 0 Å². The first-order valence-electron chi connectivity index (χ1n) is 22.6. The van der Waals surface area contributed by atoms with Gasteiger partial charge in [-0.25, -0.2) is 0 Å². The summed E-state index contributed by atoms with van der Waals surface area (Å²) in [5, 5.41) is 5.16. The van der Waals surface area contributed by atoms with Crippen molar-refractivity contribution in [3.63, 3.8) is 0 Å². The molecule has 0 spiro atoms. The molecule has 0 aliphatic carbocycles. The van der Waals surface area contributed by atoms with Crippen LogP contribution >= 0.6 is 0 Å². The molecule has 6 aromatic carbocycles. The van der Waals surface area contributed by atoms with Gasteiger partial charge in [0, 0.05) is 0 Å². The van der Waals surface area contributed by atoms with Crippen molar-refractivity contribution >= 4 is 21.5 Å². The first-order valence-corrected chi connectivity index (χ1v) is 22.6. The molecule has 2 nitrogen and oxygen atoms in total. The summed E-state index contributed by atoms with van der Waals surface area (Å²) in [4.78, 5) is 0. The second-order valence-corrected chi connectivity index (χ2v) is 22.3. The maximum absolute atomic E-state index is 5.93. The van der Waals surface area contributed by atoms with Gasteiger partial charge in [0.15, 0.2) is 0 Å². The molecule has 2 aromatic heterocycles. The molecule has 0 atom stereocenters. The van der Waals surface area contributed by atoms with Crippen LogP contribution in [0.15, 0.2) is 106 Å². The number of fused-ring (bicyclic) bond motifs is 2. The van der Waals surface area contributed by atoms with Crippen LogP contribution in [0.5, 0.6) is 0 Å². The van der Waals surface area contributed by atoms with Gasteiger partial charge in [-0.1, -0.05) is 153 Å². The normalized spacial score (nSPS) is 12.1. The Morgan fingerprint density at radius 1 is 0.385 bits per heavy atom. The molecule has 0 aliphatic heterocycles. The summed E-state index contributed by atoms with van der Waals surface area (Å²) in [6, 6.07) is 36.4. The Morgan fingerprint density at radius 3 is 0.923 bits per heavy atom. The van der Waals surface area contributed by atoms with E-state index in [-0.39, 0.29) is 72.7 Å². The van der Waals surface area contributed by atoms with Gasteiger partial charge in [-0.2, -0.15) is 0 Å². The van der Waals surface area contributed by atoms with E-state index in [1.807, 2.05) is 26.0 Å². The summed E-state index contributed by atoms with van der Waals surface area (Å²) in [6.07, 6.45) is 0. The van der Waals surface area contributed by atoms with Gasteiger partial charge >= 0.3 is 26.2 Å². The number of rotatable bonds is 4. The van der Waals surface area contributed by atoms with Crippen LogP contribution in [0.4, 0.5) is 0 Å². The van der Waals surface area contributed by atoms with Gasteiger partial charge in [-0.3, -0.25) is 0 Å². The zero-order valence-corrected chi connectivity index (χ0v) is 46.3. The third-order valence-corrected chi connectivity index (χ3v) is 13.0. The molecular weight excluding hydrogens is 915 g/mol. The van der Waals surface area contributed by atoms with E-state index in [9.17, 15) is 0 Å². The summed E-state index contributed by atoms with van der Waals surface area (Å²) >= 11 is 0. The van der Waals surface area contributed by atoms with Crippen LogP contribution < -0.4 is 24.8 Å². The largest absolute Gasteiger partial charge is 4.00 e. The first kappa shape index (κ1) is 53.7. The first-order chi connectivity index (χ1) is 28.7. The maximum atomic E-state index is 5.93. The number of hydrogen-bond acceptors (Lipinski definition) is 2. The summed E-state index contributed by atoms with van der Waals surface area (Å²) in [5.41, 5.74) is 18.9. The fraction of sp³-hybridized carbons (Fsp3) is 0.367. The van der Waals surface area contributed by atoms with Crippen LogP contribution in [-0.2, 0) is 47.9 Å². The van der Waals surface area contributed by atoms with E-state index in [4.69, 9.17) is 8.83 Å². The fourth-order valence-electron chi connectivity index (χ4n) is 8.69. The molecule has 0 amide bonds. The zero-order valence-electron chi connectivity index (χ0n) is 42.3. The van der Waals surface area contributed by atoms with Crippen LogP contribution in [0.25, 0.3) is 66.4 Å². The third kappa shape index (κ3) is 11.3. The van der Waals surface area contributed by atoms with E-state index in [0.29, 0.717) is 0 Å². The van der Waals surface area contributed by atoms with Crippen molar-refractivity contribution in [1.29, 1.82) is 0 Å². The van der Waals surface area contributed by atoms with Gasteiger partial charge in [0.25, 0.3) is 0 Å². The number of hydrogen-bond donors (Lipinski definition) is 0. The Kier molecular flexibility index (Phi) is 16.0. The molecule has 0 radical (unpaired) electrons. The van der Waals surface area contributed by atoms with Crippen LogP contribution in [0, 0.1) is 41.5 Å². The second kappa shape index (κ2) is 19.4. The average molecular weight is 985 g/mol. The molecular formula is C60H70Cl2O2Zr. The van der Waals surface area contributed by atoms with E-state index in [0.717, 1.165) is 34.2 Å². The Morgan fingerprint density at radius 2 is 0.677 bits per heavy atom. The SMILES string of the molecule is Cc1ccc(-c2cc3c(-c4cc(C(C)(C)C)cc(C(C)(C)C)c4)c(C)c(C)cc3[cH-]2)o1.Cc1ccc(-c2cc3c(-c4cc(C(C)(C)C)cc(C(C)(C)C)c4)c(C)c(C)cc3[cH-]2)o1.[Cl-].[Cl-].[Zr+4]. The van der Waals surface area contributed by atoms with Gasteiger partial charge in [0.05, 0.1) is 23.0 Å². The van der Waals surface area contributed by atoms with E-state index in [1.165, 1.54) is 88.3 Å². The average Bonchev–Trinajstić information content (AvgIpc) is 3.98. The van der Waals surface area contributed by atoms with Crippen LogP contribution in [0.1, 0.15) is 139 Å². The molecule has 0 fully saturated rings. The van der Waals surface area contributed by atoms with Crippen molar-refractivity contribution in [2.75, 3.05) is 0 Å². The fourth-order valence-corrected chi connectivity index (χ4v) is 8.69. The van der Waals surface area contributed by atoms with Gasteiger partial charge in [-0.15, -0.1) is 57.9 Å². The minimum Gasteiger partial charge on any atom is -1.00 e. The zero-order chi connectivity index (χ0) is 45.4. The van der Waals surface area contributed by atoms with Crippen LogP contribution in [0.3, 0.4) is 0 Å². The summed E-state index contributed by atoms with van der Waals surface area (Å²) < 4.78 is 11.9. The molecule has 340 valence electrons. The minimum absolute atomic E-state index is 0. The van der Waals surface area contributed by atoms with Crippen LogP contribution in [-0.4, -0.2) is 0 Å². The predicted molar refractivity (Wildman–Crippen MR) is 269 cm³/mol. The van der Waals surface area contributed by atoms with E-state index < -0.39 is 0 Å². The third-order valence-electron chi connectivity index (χ3n) is 13.0. The van der Waals surface area contributed by atoms with E-state index in [1.54, 1.807) is 0 Å². The second-order valence-electron chi connectivity index (χ2n) is 22.3. The Balaban J connectivity index is 0.000000272. The standard InChI is InChI=1S/2C30H35O.2ClH.Zr/c2*1-18-12-21-13-22(27-11-10-19(2)31-27)16-26(21)28(20(18)3)23-14-24(29(4,5)6)17-25(15-23)30(7,8)9;;;/h2*10-17H,1-9H3;2*1H;/q2*-1;;;+4/p-2. The maximum Gasteiger partial charge on any atom is 4.00 e. The molecule has 0 saturated heterocycles. The van der Waals surface area contributed by atoms with Crippen molar-refractivity contribution < 1.29 is 59.9 Å².